The first kappa shape index (κ1) is 12.7. The molecule has 0 heterocycles. The summed E-state index contributed by atoms with van der Waals surface area (Å²) in [6, 6.07) is 9.85. The molecular weight excluding hydrogens is 206 g/mol. The van der Waals surface area contributed by atoms with Gasteiger partial charge in [0.05, 0.1) is 12.1 Å². The second-order valence-electron chi connectivity index (χ2n) is 3.91. The number of nitrogens with two attached hydrogens (primary N) is 1. The molecule has 0 fully saturated rings. The zero-order valence-electron chi connectivity index (χ0n) is 9.13. The van der Waals surface area contributed by atoms with E-state index in [1.807, 2.05) is 30.3 Å². The van der Waals surface area contributed by atoms with Gasteiger partial charge in [0.1, 0.15) is 6.61 Å². The SMILES string of the molecule is NC(CO)(CCc1ccccc1)COC=O. The van der Waals surface area contributed by atoms with Gasteiger partial charge in [0.2, 0.25) is 0 Å². The zero-order valence-corrected chi connectivity index (χ0v) is 9.13. The van der Waals surface area contributed by atoms with Crippen LogP contribution in [0.2, 0.25) is 0 Å². The highest BCUT2D eigenvalue weighted by Gasteiger charge is 2.24. The molecule has 0 spiro atoms. The van der Waals surface area contributed by atoms with E-state index >= 15 is 0 Å². The molecular formula is C12H17NO3. The third-order valence-electron chi connectivity index (χ3n) is 2.51. The molecule has 0 radical (unpaired) electrons. The third kappa shape index (κ3) is 4.00. The van der Waals surface area contributed by atoms with Gasteiger partial charge in [0, 0.05) is 0 Å². The molecule has 0 bridgehead atoms. The fraction of sp³-hybridized carbons (Fsp3) is 0.417. The van der Waals surface area contributed by atoms with Crippen molar-refractivity contribution >= 4 is 6.47 Å². The van der Waals surface area contributed by atoms with Gasteiger partial charge in [-0.1, -0.05) is 30.3 Å². The molecule has 0 aliphatic rings. The van der Waals surface area contributed by atoms with Crippen LogP contribution in [0.1, 0.15) is 12.0 Å². The number of hydrogen-bond donors (Lipinski definition) is 2. The Morgan fingerprint density at radius 3 is 2.62 bits per heavy atom. The maximum Gasteiger partial charge on any atom is 0.293 e. The normalized spacial score (nSPS) is 14.1. The highest BCUT2D eigenvalue weighted by atomic mass is 16.5. The molecule has 3 N–H and O–H groups in total. The Hall–Kier alpha value is -1.39. The van der Waals surface area contributed by atoms with Gasteiger partial charge in [-0.25, -0.2) is 0 Å². The van der Waals surface area contributed by atoms with E-state index in [4.69, 9.17) is 10.8 Å². The lowest BCUT2D eigenvalue weighted by atomic mass is 9.94. The Balaban J connectivity index is 2.47. The van der Waals surface area contributed by atoms with Crippen LogP contribution in [0.25, 0.3) is 0 Å². The average molecular weight is 223 g/mol. The molecule has 16 heavy (non-hydrogen) atoms. The standard InChI is InChI=1S/C12H17NO3/c13-12(8-14,9-16-10-15)7-6-11-4-2-1-3-5-11/h1-5,10,14H,6-9,13H2. The van der Waals surface area contributed by atoms with Crippen molar-refractivity contribution in [3.8, 4) is 0 Å². The number of aryl methyl sites for hydroxylation is 1. The molecule has 1 aromatic carbocycles. The van der Waals surface area contributed by atoms with E-state index in [0.29, 0.717) is 12.9 Å². The van der Waals surface area contributed by atoms with E-state index < -0.39 is 5.54 Å². The number of aliphatic hydroxyl groups excluding tert-OH is 1. The first-order chi connectivity index (χ1) is 7.70. The minimum atomic E-state index is -0.850. The fourth-order valence-electron chi connectivity index (χ4n) is 1.43. The van der Waals surface area contributed by atoms with Gasteiger partial charge in [0.25, 0.3) is 6.47 Å². The van der Waals surface area contributed by atoms with Crippen LogP contribution in [0.3, 0.4) is 0 Å². The van der Waals surface area contributed by atoms with E-state index in [1.165, 1.54) is 0 Å². The van der Waals surface area contributed by atoms with Gasteiger partial charge in [0.15, 0.2) is 0 Å². The summed E-state index contributed by atoms with van der Waals surface area (Å²) >= 11 is 0. The van der Waals surface area contributed by atoms with Crippen molar-refractivity contribution in [3.63, 3.8) is 0 Å². The molecule has 1 aromatic rings. The van der Waals surface area contributed by atoms with E-state index in [2.05, 4.69) is 4.74 Å². The Bertz CT molecular complexity index is 315. The number of aliphatic hydroxyl groups is 1. The van der Waals surface area contributed by atoms with Gasteiger partial charge in [-0.2, -0.15) is 0 Å². The minimum absolute atomic E-state index is 0.0415. The maximum absolute atomic E-state index is 10.1. The van der Waals surface area contributed by atoms with Crippen molar-refractivity contribution in [1.29, 1.82) is 0 Å². The van der Waals surface area contributed by atoms with Crippen molar-refractivity contribution in [2.24, 2.45) is 5.73 Å². The van der Waals surface area contributed by atoms with Crippen molar-refractivity contribution in [2.45, 2.75) is 18.4 Å². The van der Waals surface area contributed by atoms with Crippen LogP contribution in [0, 0.1) is 0 Å². The lowest BCUT2D eigenvalue weighted by Crippen LogP contribution is -2.48. The van der Waals surface area contributed by atoms with Crippen molar-refractivity contribution in [2.75, 3.05) is 13.2 Å². The Morgan fingerprint density at radius 2 is 2.06 bits per heavy atom. The van der Waals surface area contributed by atoms with Crippen LogP contribution in [0.5, 0.6) is 0 Å². The summed E-state index contributed by atoms with van der Waals surface area (Å²) in [5.41, 5.74) is 6.20. The molecule has 0 saturated heterocycles. The molecule has 1 unspecified atom stereocenters. The first-order valence-corrected chi connectivity index (χ1v) is 5.19. The number of ether oxygens (including phenoxy) is 1. The average Bonchev–Trinajstić information content (AvgIpc) is 2.35. The lowest BCUT2D eigenvalue weighted by molar-refractivity contribution is -0.131. The smallest absolute Gasteiger partial charge is 0.293 e. The third-order valence-corrected chi connectivity index (χ3v) is 2.51. The van der Waals surface area contributed by atoms with Crippen molar-refractivity contribution in [1.82, 2.24) is 0 Å². The van der Waals surface area contributed by atoms with Crippen LogP contribution >= 0.6 is 0 Å². The summed E-state index contributed by atoms with van der Waals surface area (Å²) in [6.07, 6.45) is 1.32. The number of benzene rings is 1. The summed E-state index contributed by atoms with van der Waals surface area (Å²) in [6.45, 7) is 0.188. The van der Waals surface area contributed by atoms with E-state index in [-0.39, 0.29) is 13.2 Å². The van der Waals surface area contributed by atoms with Gasteiger partial charge in [-0.15, -0.1) is 0 Å². The second-order valence-corrected chi connectivity index (χ2v) is 3.91. The predicted octanol–water partition coefficient (Wildman–Crippen LogP) is 0.482. The fourth-order valence-corrected chi connectivity index (χ4v) is 1.43. The van der Waals surface area contributed by atoms with Crippen LogP contribution in [0.15, 0.2) is 30.3 Å². The molecule has 0 amide bonds. The predicted molar refractivity (Wildman–Crippen MR) is 60.8 cm³/mol. The van der Waals surface area contributed by atoms with E-state index in [0.717, 1.165) is 12.0 Å². The number of carbonyl (C=O) groups excluding carboxylic acids is 1. The lowest BCUT2D eigenvalue weighted by Gasteiger charge is -2.25. The summed E-state index contributed by atoms with van der Waals surface area (Å²) in [5, 5.41) is 9.17. The van der Waals surface area contributed by atoms with E-state index in [9.17, 15) is 4.79 Å². The maximum atomic E-state index is 10.1. The first-order valence-electron chi connectivity index (χ1n) is 5.19. The van der Waals surface area contributed by atoms with Crippen LogP contribution in [0.4, 0.5) is 0 Å². The van der Waals surface area contributed by atoms with Crippen molar-refractivity contribution < 1.29 is 14.6 Å². The van der Waals surface area contributed by atoms with Gasteiger partial charge < -0.3 is 15.6 Å². The van der Waals surface area contributed by atoms with Gasteiger partial charge in [-0.3, -0.25) is 4.79 Å². The summed E-state index contributed by atoms with van der Waals surface area (Å²) in [4.78, 5) is 10.1. The summed E-state index contributed by atoms with van der Waals surface area (Å²) in [5.74, 6) is 0. The van der Waals surface area contributed by atoms with Gasteiger partial charge >= 0.3 is 0 Å². The molecule has 4 heteroatoms. The topological polar surface area (TPSA) is 72.6 Å². The number of hydrogen-bond acceptors (Lipinski definition) is 4. The Morgan fingerprint density at radius 1 is 1.38 bits per heavy atom. The van der Waals surface area contributed by atoms with Crippen LogP contribution in [-0.4, -0.2) is 30.3 Å². The Kier molecular flexibility index (Phi) is 4.95. The molecule has 1 rings (SSSR count). The number of carbonyl (C=O) groups is 1. The molecule has 1 atom stereocenters. The minimum Gasteiger partial charge on any atom is -0.466 e. The van der Waals surface area contributed by atoms with Crippen LogP contribution < -0.4 is 5.73 Å². The quantitative estimate of drug-likeness (QED) is 0.659. The summed E-state index contributed by atoms with van der Waals surface area (Å²) < 4.78 is 4.61. The van der Waals surface area contributed by atoms with Crippen molar-refractivity contribution in [3.05, 3.63) is 35.9 Å². The van der Waals surface area contributed by atoms with Gasteiger partial charge in [-0.05, 0) is 18.4 Å². The molecule has 0 aromatic heterocycles. The molecule has 0 saturated carbocycles. The van der Waals surface area contributed by atoms with E-state index in [1.54, 1.807) is 0 Å². The largest absolute Gasteiger partial charge is 0.466 e. The monoisotopic (exact) mass is 223 g/mol. The Labute approximate surface area is 95.0 Å². The molecule has 0 aliphatic heterocycles. The zero-order chi connectivity index (χ0) is 11.9. The highest BCUT2D eigenvalue weighted by molar-refractivity contribution is 5.37. The molecule has 88 valence electrons. The second kappa shape index (κ2) is 6.25. The highest BCUT2D eigenvalue weighted by Crippen LogP contribution is 2.12. The van der Waals surface area contributed by atoms with Crippen LogP contribution in [-0.2, 0) is 16.0 Å². The molecule has 0 aliphatic carbocycles. The number of rotatable bonds is 7. The summed E-state index contributed by atoms with van der Waals surface area (Å²) in [7, 11) is 0. The molecule has 4 nitrogen and oxygen atoms in total.